The summed E-state index contributed by atoms with van der Waals surface area (Å²) in [5, 5.41) is 3.41. The van der Waals surface area contributed by atoms with Crippen LogP contribution in [0, 0.1) is 12.7 Å². The molecule has 0 aromatic heterocycles. The fourth-order valence-corrected chi connectivity index (χ4v) is 2.78. The van der Waals surface area contributed by atoms with E-state index in [1.165, 1.54) is 6.07 Å². The smallest absolute Gasteiger partial charge is 0.256 e. The first-order chi connectivity index (χ1) is 10.1. The van der Waals surface area contributed by atoms with E-state index in [2.05, 4.69) is 12.2 Å². The van der Waals surface area contributed by atoms with Gasteiger partial charge in [0.15, 0.2) is 0 Å². The molecule has 1 aromatic rings. The standard InChI is InChI=1S/C17H25FN2O/c1-3-4-10-20(12-14-6-5-9-19-14)17(21)15-11-13(2)7-8-16(15)18/h7-8,11,14,19H,3-6,9-10,12H2,1-2H3. The van der Waals surface area contributed by atoms with Gasteiger partial charge in [-0.1, -0.05) is 25.0 Å². The average molecular weight is 292 g/mol. The van der Waals surface area contributed by atoms with Crippen molar-refractivity contribution in [2.75, 3.05) is 19.6 Å². The van der Waals surface area contributed by atoms with E-state index in [0.717, 1.165) is 37.8 Å². The van der Waals surface area contributed by atoms with Crippen LogP contribution in [0.5, 0.6) is 0 Å². The van der Waals surface area contributed by atoms with Crippen molar-refractivity contribution in [3.05, 3.63) is 35.1 Å². The average Bonchev–Trinajstić information content (AvgIpc) is 2.98. The van der Waals surface area contributed by atoms with Crippen LogP contribution in [0.15, 0.2) is 18.2 Å². The molecule has 4 heteroatoms. The number of carbonyl (C=O) groups is 1. The minimum atomic E-state index is -0.425. The van der Waals surface area contributed by atoms with Crippen molar-refractivity contribution in [3.8, 4) is 0 Å². The number of carbonyl (C=O) groups excluding carboxylic acids is 1. The molecule has 2 rings (SSSR count). The number of nitrogens with zero attached hydrogens (tertiary/aromatic N) is 1. The minimum Gasteiger partial charge on any atom is -0.337 e. The number of halogens is 1. The Balaban J connectivity index is 2.13. The molecule has 116 valence electrons. The molecule has 1 aliphatic heterocycles. The maximum atomic E-state index is 14.0. The lowest BCUT2D eigenvalue weighted by Crippen LogP contribution is -2.42. The van der Waals surface area contributed by atoms with E-state index in [9.17, 15) is 9.18 Å². The molecule has 0 aliphatic carbocycles. The van der Waals surface area contributed by atoms with Crippen LogP contribution < -0.4 is 5.32 Å². The Labute approximate surface area is 126 Å². The molecule has 21 heavy (non-hydrogen) atoms. The summed E-state index contributed by atoms with van der Waals surface area (Å²) in [6.07, 6.45) is 4.22. The number of aryl methyl sites for hydroxylation is 1. The van der Waals surface area contributed by atoms with Gasteiger partial charge in [0.2, 0.25) is 0 Å². The number of amides is 1. The van der Waals surface area contributed by atoms with Gasteiger partial charge >= 0.3 is 0 Å². The molecule has 0 saturated carbocycles. The molecule has 0 bridgehead atoms. The number of unbranched alkanes of at least 4 members (excludes halogenated alkanes) is 1. The normalized spacial score (nSPS) is 18.0. The summed E-state index contributed by atoms with van der Waals surface area (Å²) in [5.74, 6) is -0.607. The van der Waals surface area contributed by atoms with Gasteiger partial charge in [-0.2, -0.15) is 0 Å². The van der Waals surface area contributed by atoms with E-state index in [4.69, 9.17) is 0 Å². The predicted molar refractivity (Wildman–Crippen MR) is 83.0 cm³/mol. The zero-order valence-electron chi connectivity index (χ0n) is 13.0. The van der Waals surface area contributed by atoms with Gasteiger partial charge < -0.3 is 10.2 Å². The van der Waals surface area contributed by atoms with Crippen molar-refractivity contribution in [1.29, 1.82) is 0 Å². The van der Waals surface area contributed by atoms with Crippen molar-refractivity contribution in [2.24, 2.45) is 0 Å². The van der Waals surface area contributed by atoms with Crippen LogP contribution in [0.1, 0.15) is 48.5 Å². The van der Waals surface area contributed by atoms with Crippen molar-refractivity contribution in [2.45, 2.75) is 45.6 Å². The fraction of sp³-hybridized carbons (Fsp3) is 0.588. The van der Waals surface area contributed by atoms with Crippen molar-refractivity contribution >= 4 is 5.91 Å². The van der Waals surface area contributed by atoms with Gasteiger partial charge in [-0.15, -0.1) is 0 Å². The van der Waals surface area contributed by atoms with E-state index in [-0.39, 0.29) is 11.5 Å². The highest BCUT2D eigenvalue weighted by Crippen LogP contribution is 2.15. The van der Waals surface area contributed by atoms with Crippen LogP contribution >= 0.6 is 0 Å². The number of hydrogen-bond donors (Lipinski definition) is 1. The second kappa shape index (κ2) is 7.55. The first-order valence-corrected chi connectivity index (χ1v) is 7.90. The van der Waals surface area contributed by atoms with Gasteiger partial charge in [-0.05, 0) is 44.9 Å². The number of rotatable bonds is 6. The van der Waals surface area contributed by atoms with Crippen LogP contribution in [0.3, 0.4) is 0 Å². The SMILES string of the molecule is CCCCN(CC1CCCN1)C(=O)c1cc(C)ccc1F. The predicted octanol–water partition coefficient (Wildman–Crippen LogP) is 3.13. The molecule has 1 heterocycles. The fourth-order valence-electron chi connectivity index (χ4n) is 2.78. The largest absolute Gasteiger partial charge is 0.337 e. The molecule has 0 spiro atoms. The Bertz CT molecular complexity index is 484. The monoisotopic (exact) mass is 292 g/mol. The second-order valence-electron chi connectivity index (χ2n) is 5.88. The lowest BCUT2D eigenvalue weighted by atomic mass is 10.1. The van der Waals surface area contributed by atoms with E-state index >= 15 is 0 Å². The topological polar surface area (TPSA) is 32.3 Å². The minimum absolute atomic E-state index is 0.182. The second-order valence-corrected chi connectivity index (χ2v) is 5.88. The molecule has 1 N–H and O–H groups in total. The number of benzene rings is 1. The molecule has 1 aromatic carbocycles. The zero-order valence-corrected chi connectivity index (χ0v) is 13.0. The Morgan fingerprint density at radius 3 is 2.95 bits per heavy atom. The molecule has 1 saturated heterocycles. The highest BCUT2D eigenvalue weighted by molar-refractivity contribution is 5.94. The summed E-state index contributed by atoms with van der Waals surface area (Å²) in [7, 11) is 0. The van der Waals surface area contributed by atoms with E-state index < -0.39 is 5.82 Å². The van der Waals surface area contributed by atoms with Crippen molar-refractivity contribution in [3.63, 3.8) is 0 Å². The summed E-state index contributed by atoms with van der Waals surface area (Å²) in [6, 6.07) is 5.08. The lowest BCUT2D eigenvalue weighted by Gasteiger charge is -2.26. The van der Waals surface area contributed by atoms with Gasteiger partial charge in [0.1, 0.15) is 5.82 Å². The summed E-state index contributed by atoms with van der Waals surface area (Å²) >= 11 is 0. The van der Waals surface area contributed by atoms with Crippen LogP contribution in [-0.4, -0.2) is 36.5 Å². The first kappa shape index (κ1) is 16.0. The van der Waals surface area contributed by atoms with Gasteiger partial charge in [0, 0.05) is 19.1 Å². The van der Waals surface area contributed by atoms with Crippen molar-refractivity contribution < 1.29 is 9.18 Å². The summed E-state index contributed by atoms with van der Waals surface area (Å²) in [6.45, 7) is 6.36. The molecule has 3 nitrogen and oxygen atoms in total. The molecule has 1 aliphatic rings. The van der Waals surface area contributed by atoms with Crippen LogP contribution in [0.25, 0.3) is 0 Å². The first-order valence-electron chi connectivity index (χ1n) is 7.90. The van der Waals surface area contributed by atoms with Crippen LogP contribution in [-0.2, 0) is 0 Å². The quantitative estimate of drug-likeness (QED) is 0.873. The molecular weight excluding hydrogens is 267 g/mol. The Kier molecular flexibility index (Phi) is 5.74. The maximum Gasteiger partial charge on any atom is 0.256 e. The summed E-state index contributed by atoms with van der Waals surface area (Å²) in [5.41, 5.74) is 1.11. The lowest BCUT2D eigenvalue weighted by molar-refractivity contribution is 0.0734. The van der Waals surface area contributed by atoms with Crippen LogP contribution in [0.2, 0.25) is 0 Å². The third kappa shape index (κ3) is 4.27. The summed E-state index contributed by atoms with van der Waals surface area (Å²) < 4.78 is 14.0. The Morgan fingerprint density at radius 1 is 1.48 bits per heavy atom. The highest BCUT2D eigenvalue weighted by Gasteiger charge is 2.23. The van der Waals surface area contributed by atoms with Gasteiger partial charge in [0.25, 0.3) is 5.91 Å². The van der Waals surface area contributed by atoms with E-state index in [1.807, 2.05) is 11.8 Å². The summed E-state index contributed by atoms with van der Waals surface area (Å²) in [4.78, 5) is 14.5. The Hall–Kier alpha value is -1.42. The molecule has 1 atom stereocenters. The molecule has 1 amide bonds. The van der Waals surface area contributed by atoms with Gasteiger partial charge in [0.05, 0.1) is 5.56 Å². The van der Waals surface area contributed by atoms with E-state index in [1.54, 1.807) is 12.1 Å². The Morgan fingerprint density at radius 2 is 2.29 bits per heavy atom. The molecule has 1 unspecified atom stereocenters. The van der Waals surface area contributed by atoms with Crippen molar-refractivity contribution in [1.82, 2.24) is 10.2 Å². The zero-order chi connectivity index (χ0) is 15.2. The third-order valence-corrected chi connectivity index (χ3v) is 4.02. The number of nitrogens with one attached hydrogen (secondary N) is 1. The molecule has 0 radical (unpaired) electrons. The number of hydrogen-bond acceptors (Lipinski definition) is 2. The van der Waals surface area contributed by atoms with E-state index in [0.29, 0.717) is 19.1 Å². The maximum absolute atomic E-state index is 14.0. The molecule has 1 fully saturated rings. The van der Waals surface area contributed by atoms with Crippen LogP contribution in [0.4, 0.5) is 4.39 Å². The molecular formula is C17H25FN2O. The highest BCUT2D eigenvalue weighted by atomic mass is 19.1. The van der Waals surface area contributed by atoms with Gasteiger partial charge in [-0.3, -0.25) is 4.79 Å². The van der Waals surface area contributed by atoms with Gasteiger partial charge in [-0.25, -0.2) is 4.39 Å². The third-order valence-electron chi connectivity index (χ3n) is 4.02.